The maximum absolute atomic E-state index is 12.2. The van der Waals surface area contributed by atoms with Gasteiger partial charge in [-0.3, -0.25) is 4.79 Å². The molecule has 0 aliphatic rings. The van der Waals surface area contributed by atoms with Crippen molar-refractivity contribution in [3.63, 3.8) is 0 Å². The number of carbonyl (C=O) groups is 1. The van der Waals surface area contributed by atoms with Crippen LogP contribution < -0.4 is 10.4 Å². The molecule has 0 saturated heterocycles. The zero-order chi connectivity index (χ0) is 22.7. The Labute approximate surface area is 183 Å². The standard InChI is InChI=1S/C24H34O7/c1-18(2)9-10-24(3,4)23(26)30-16-14-28-12-11-27-13-15-29-21-17-19-7-5-6-8-20(19)31-22(21)25/h5-8,17-18H,9-16H2,1-4H3. The third kappa shape index (κ3) is 8.71. The average Bonchev–Trinajstić information content (AvgIpc) is 2.73. The van der Waals surface area contributed by atoms with Crippen LogP contribution in [0.25, 0.3) is 11.0 Å². The molecular formula is C24H34O7. The Hall–Kier alpha value is -2.38. The van der Waals surface area contributed by atoms with Crippen LogP contribution in [0.5, 0.6) is 5.75 Å². The lowest BCUT2D eigenvalue weighted by Gasteiger charge is -2.23. The van der Waals surface area contributed by atoms with Crippen LogP contribution in [0.4, 0.5) is 0 Å². The molecule has 0 radical (unpaired) electrons. The molecule has 2 aromatic rings. The van der Waals surface area contributed by atoms with Gasteiger partial charge in [0.2, 0.25) is 5.75 Å². The first-order valence-electron chi connectivity index (χ1n) is 10.8. The molecule has 31 heavy (non-hydrogen) atoms. The SMILES string of the molecule is CC(C)CCC(C)(C)C(=O)OCCOCCOCCOc1cc2ccccc2oc1=O. The lowest BCUT2D eigenvalue weighted by atomic mass is 9.85. The summed E-state index contributed by atoms with van der Waals surface area (Å²) in [5.41, 5.74) is -0.461. The largest absolute Gasteiger partial charge is 0.484 e. The van der Waals surface area contributed by atoms with E-state index in [4.69, 9.17) is 23.4 Å². The Balaban J connectivity index is 1.52. The fourth-order valence-electron chi connectivity index (χ4n) is 2.82. The van der Waals surface area contributed by atoms with Crippen LogP contribution >= 0.6 is 0 Å². The van der Waals surface area contributed by atoms with Crippen molar-refractivity contribution in [3.8, 4) is 5.75 Å². The fourth-order valence-corrected chi connectivity index (χ4v) is 2.82. The Morgan fingerprint density at radius 3 is 2.35 bits per heavy atom. The predicted octanol–water partition coefficient (Wildman–Crippen LogP) is 4.21. The van der Waals surface area contributed by atoms with Crippen molar-refractivity contribution in [2.45, 2.75) is 40.5 Å². The number of hydrogen-bond acceptors (Lipinski definition) is 7. The number of fused-ring (bicyclic) bond motifs is 1. The summed E-state index contributed by atoms with van der Waals surface area (Å²) in [5, 5.41) is 0.801. The smallest absolute Gasteiger partial charge is 0.379 e. The van der Waals surface area contributed by atoms with Gasteiger partial charge in [-0.2, -0.15) is 0 Å². The van der Waals surface area contributed by atoms with Gasteiger partial charge in [-0.25, -0.2) is 4.79 Å². The monoisotopic (exact) mass is 434 g/mol. The van der Waals surface area contributed by atoms with E-state index in [1.165, 1.54) is 0 Å². The summed E-state index contributed by atoms with van der Waals surface area (Å²) < 4.78 is 26.8. The lowest BCUT2D eigenvalue weighted by Crippen LogP contribution is -2.28. The van der Waals surface area contributed by atoms with E-state index in [-0.39, 0.29) is 24.9 Å². The Kier molecular flexibility index (Phi) is 10.0. The maximum Gasteiger partial charge on any atom is 0.379 e. The molecule has 0 unspecified atom stereocenters. The molecule has 0 aliphatic heterocycles. The van der Waals surface area contributed by atoms with Gasteiger partial charge >= 0.3 is 11.6 Å². The van der Waals surface area contributed by atoms with Gasteiger partial charge in [-0.05, 0) is 44.7 Å². The topological polar surface area (TPSA) is 84.2 Å². The number of rotatable bonds is 14. The Morgan fingerprint density at radius 1 is 1.00 bits per heavy atom. The van der Waals surface area contributed by atoms with Crippen LogP contribution in [-0.2, 0) is 19.0 Å². The molecule has 0 fully saturated rings. The molecule has 0 atom stereocenters. The fraction of sp³-hybridized carbons (Fsp3) is 0.583. The molecule has 172 valence electrons. The molecule has 1 heterocycles. The van der Waals surface area contributed by atoms with Crippen molar-refractivity contribution >= 4 is 16.9 Å². The number of esters is 1. The number of para-hydroxylation sites is 1. The quantitative estimate of drug-likeness (QED) is 0.250. The molecule has 0 N–H and O–H groups in total. The van der Waals surface area contributed by atoms with Crippen molar-refractivity contribution in [2.75, 3.05) is 39.6 Å². The number of hydrogen-bond donors (Lipinski definition) is 0. The second-order valence-corrected chi connectivity index (χ2v) is 8.46. The van der Waals surface area contributed by atoms with Crippen LogP contribution in [0.15, 0.2) is 39.5 Å². The van der Waals surface area contributed by atoms with E-state index in [0.717, 1.165) is 18.2 Å². The Bertz CT molecular complexity index is 870. The summed E-state index contributed by atoms with van der Waals surface area (Å²) in [6.45, 7) is 9.96. The molecule has 0 aliphatic carbocycles. The summed E-state index contributed by atoms with van der Waals surface area (Å²) in [6.07, 6.45) is 1.80. The van der Waals surface area contributed by atoms with E-state index in [1.54, 1.807) is 18.2 Å². The van der Waals surface area contributed by atoms with Crippen molar-refractivity contribution < 1.29 is 28.2 Å². The van der Waals surface area contributed by atoms with E-state index in [2.05, 4.69) is 13.8 Å². The van der Waals surface area contributed by atoms with Crippen molar-refractivity contribution in [1.82, 2.24) is 0 Å². The molecule has 1 aromatic heterocycles. The minimum absolute atomic E-state index is 0.164. The van der Waals surface area contributed by atoms with Gasteiger partial charge in [0.15, 0.2) is 0 Å². The van der Waals surface area contributed by atoms with Gasteiger partial charge in [0.25, 0.3) is 0 Å². The molecular weight excluding hydrogens is 400 g/mol. The summed E-state index contributed by atoms with van der Waals surface area (Å²) in [6, 6.07) is 8.92. The number of benzene rings is 1. The molecule has 0 saturated carbocycles. The van der Waals surface area contributed by atoms with E-state index in [9.17, 15) is 9.59 Å². The summed E-state index contributed by atoms with van der Waals surface area (Å²) in [5.74, 6) is 0.533. The molecule has 1 aromatic carbocycles. The van der Waals surface area contributed by atoms with E-state index in [0.29, 0.717) is 37.9 Å². The van der Waals surface area contributed by atoms with E-state index >= 15 is 0 Å². The third-order valence-electron chi connectivity index (χ3n) is 4.83. The van der Waals surface area contributed by atoms with Crippen LogP contribution in [0.3, 0.4) is 0 Å². The third-order valence-corrected chi connectivity index (χ3v) is 4.83. The summed E-state index contributed by atoms with van der Waals surface area (Å²) >= 11 is 0. The molecule has 0 bridgehead atoms. The normalized spacial score (nSPS) is 11.8. The highest BCUT2D eigenvalue weighted by Gasteiger charge is 2.29. The number of ether oxygens (including phenoxy) is 4. The van der Waals surface area contributed by atoms with Crippen molar-refractivity contribution in [2.24, 2.45) is 11.3 Å². The molecule has 7 nitrogen and oxygen atoms in total. The first kappa shape index (κ1) is 24.9. The predicted molar refractivity (Wildman–Crippen MR) is 118 cm³/mol. The van der Waals surface area contributed by atoms with Crippen LogP contribution in [0.1, 0.15) is 40.5 Å². The second kappa shape index (κ2) is 12.5. The molecule has 0 spiro atoms. The van der Waals surface area contributed by atoms with Gasteiger partial charge < -0.3 is 23.4 Å². The van der Waals surface area contributed by atoms with Gasteiger partial charge in [-0.15, -0.1) is 0 Å². The summed E-state index contributed by atoms with van der Waals surface area (Å²) in [7, 11) is 0. The average molecular weight is 435 g/mol. The Morgan fingerprint density at radius 2 is 1.65 bits per heavy atom. The molecule has 0 amide bonds. The van der Waals surface area contributed by atoms with Gasteiger partial charge in [0.1, 0.15) is 18.8 Å². The lowest BCUT2D eigenvalue weighted by molar-refractivity contribution is -0.156. The zero-order valence-electron chi connectivity index (χ0n) is 19.0. The highest BCUT2D eigenvalue weighted by atomic mass is 16.6. The number of carbonyl (C=O) groups excluding carboxylic acids is 1. The van der Waals surface area contributed by atoms with Crippen molar-refractivity contribution in [1.29, 1.82) is 0 Å². The second-order valence-electron chi connectivity index (χ2n) is 8.46. The van der Waals surface area contributed by atoms with E-state index in [1.807, 2.05) is 26.0 Å². The summed E-state index contributed by atoms with van der Waals surface area (Å²) in [4.78, 5) is 24.0. The highest BCUT2D eigenvalue weighted by Crippen LogP contribution is 2.26. The van der Waals surface area contributed by atoms with E-state index < -0.39 is 11.0 Å². The molecule has 7 heteroatoms. The zero-order valence-corrected chi connectivity index (χ0v) is 19.0. The maximum atomic E-state index is 12.2. The van der Waals surface area contributed by atoms with Crippen molar-refractivity contribution in [3.05, 3.63) is 40.8 Å². The first-order valence-corrected chi connectivity index (χ1v) is 10.8. The van der Waals surface area contributed by atoms with Gasteiger partial charge in [0, 0.05) is 5.39 Å². The highest BCUT2D eigenvalue weighted by molar-refractivity contribution is 5.77. The van der Waals surface area contributed by atoms with Crippen LogP contribution in [-0.4, -0.2) is 45.6 Å². The van der Waals surface area contributed by atoms with Gasteiger partial charge in [0.05, 0.1) is 31.8 Å². The minimum Gasteiger partial charge on any atom is -0.484 e. The van der Waals surface area contributed by atoms with Crippen LogP contribution in [0.2, 0.25) is 0 Å². The first-order chi connectivity index (χ1) is 14.8. The van der Waals surface area contributed by atoms with Crippen LogP contribution in [0, 0.1) is 11.3 Å². The minimum atomic E-state index is -0.510. The van der Waals surface area contributed by atoms with Gasteiger partial charge in [-0.1, -0.05) is 32.0 Å². The molecule has 2 rings (SSSR count).